The van der Waals surface area contributed by atoms with Crippen molar-refractivity contribution in [1.29, 1.82) is 0 Å². The first kappa shape index (κ1) is 13.6. The molecule has 1 N–H and O–H groups in total. The molecule has 1 aliphatic rings. The van der Waals surface area contributed by atoms with Gasteiger partial charge in [0.2, 0.25) is 5.95 Å². The summed E-state index contributed by atoms with van der Waals surface area (Å²) < 4.78 is 4.89. The highest BCUT2D eigenvalue weighted by Crippen LogP contribution is 2.15. The Hall–Kier alpha value is -2.37. The molecule has 0 unspecified atom stereocenters. The molecule has 3 heterocycles. The molecule has 3 rings (SSSR count). The van der Waals surface area contributed by atoms with Crippen LogP contribution in [-0.2, 0) is 6.54 Å². The van der Waals surface area contributed by atoms with Crippen LogP contribution in [0.4, 0.5) is 5.95 Å². The number of carbonyl (C=O) groups excluding carboxylic acids is 1. The van der Waals surface area contributed by atoms with E-state index in [9.17, 15) is 4.79 Å². The van der Waals surface area contributed by atoms with Crippen LogP contribution in [0.15, 0.2) is 35.3 Å². The summed E-state index contributed by atoms with van der Waals surface area (Å²) in [6.07, 6.45) is 8.30. The smallest absolute Gasteiger partial charge is 0.254 e. The van der Waals surface area contributed by atoms with E-state index in [1.54, 1.807) is 12.3 Å². The van der Waals surface area contributed by atoms with E-state index >= 15 is 0 Å². The van der Waals surface area contributed by atoms with Gasteiger partial charge in [0.05, 0.1) is 24.1 Å². The number of hydrogen-bond acceptors (Lipinski definition) is 5. The molecule has 1 fully saturated rings. The zero-order valence-corrected chi connectivity index (χ0v) is 11.8. The van der Waals surface area contributed by atoms with Gasteiger partial charge in [-0.3, -0.25) is 4.79 Å². The van der Waals surface area contributed by atoms with Gasteiger partial charge in [0.1, 0.15) is 6.26 Å². The monoisotopic (exact) mass is 286 g/mol. The number of carbonyl (C=O) groups is 1. The van der Waals surface area contributed by atoms with Crippen molar-refractivity contribution in [3.8, 4) is 0 Å². The predicted molar refractivity (Wildman–Crippen MR) is 78.0 cm³/mol. The second-order valence-electron chi connectivity index (χ2n) is 5.09. The summed E-state index contributed by atoms with van der Waals surface area (Å²) in [6, 6.07) is 3.46. The van der Waals surface area contributed by atoms with Gasteiger partial charge in [0.25, 0.3) is 5.91 Å². The molecule has 0 spiro atoms. The first-order valence-corrected chi connectivity index (χ1v) is 7.20. The van der Waals surface area contributed by atoms with Crippen molar-refractivity contribution in [2.24, 2.45) is 0 Å². The minimum absolute atomic E-state index is 0.165. The van der Waals surface area contributed by atoms with Crippen molar-refractivity contribution in [3.63, 3.8) is 0 Å². The maximum Gasteiger partial charge on any atom is 0.254 e. The van der Waals surface area contributed by atoms with Crippen LogP contribution < -0.4 is 10.2 Å². The zero-order valence-electron chi connectivity index (χ0n) is 11.8. The molecule has 6 heteroatoms. The van der Waals surface area contributed by atoms with Gasteiger partial charge in [0.15, 0.2) is 0 Å². The van der Waals surface area contributed by atoms with E-state index in [1.165, 1.54) is 31.8 Å². The van der Waals surface area contributed by atoms with Gasteiger partial charge in [-0.25, -0.2) is 9.97 Å². The molecule has 0 radical (unpaired) electrons. The van der Waals surface area contributed by atoms with E-state index in [0.29, 0.717) is 12.1 Å². The second kappa shape index (κ2) is 6.39. The zero-order chi connectivity index (χ0) is 14.5. The van der Waals surface area contributed by atoms with Crippen molar-refractivity contribution in [2.45, 2.75) is 25.8 Å². The number of nitrogens with zero attached hydrogens (tertiary/aromatic N) is 3. The molecule has 110 valence electrons. The van der Waals surface area contributed by atoms with E-state index in [-0.39, 0.29) is 5.91 Å². The van der Waals surface area contributed by atoms with Gasteiger partial charge in [-0.05, 0) is 31.4 Å². The fourth-order valence-corrected chi connectivity index (χ4v) is 2.40. The third-order valence-corrected chi connectivity index (χ3v) is 3.55. The third-order valence-electron chi connectivity index (χ3n) is 3.55. The van der Waals surface area contributed by atoms with Gasteiger partial charge in [-0.15, -0.1) is 0 Å². The molecule has 6 nitrogen and oxygen atoms in total. The van der Waals surface area contributed by atoms with Crippen molar-refractivity contribution < 1.29 is 9.21 Å². The first-order chi connectivity index (χ1) is 10.3. The molecule has 0 aliphatic carbocycles. The molecule has 0 saturated carbocycles. The minimum atomic E-state index is -0.165. The molecule has 1 amide bonds. The third kappa shape index (κ3) is 3.39. The van der Waals surface area contributed by atoms with Crippen LogP contribution in [-0.4, -0.2) is 29.0 Å². The van der Waals surface area contributed by atoms with Gasteiger partial charge in [-0.2, -0.15) is 0 Å². The Balaban J connectivity index is 1.62. The Kier molecular flexibility index (Phi) is 4.14. The van der Waals surface area contributed by atoms with Crippen LogP contribution in [0.2, 0.25) is 0 Å². The molecular formula is C15H18N4O2. The molecule has 1 saturated heterocycles. The Morgan fingerprint density at radius 1 is 1.29 bits per heavy atom. The lowest BCUT2D eigenvalue weighted by Gasteiger charge is -2.26. The maximum atomic E-state index is 11.8. The number of amides is 1. The summed E-state index contributed by atoms with van der Waals surface area (Å²) >= 11 is 0. The Morgan fingerprint density at radius 2 is 2.14 bits per heavy atom. The van der Waals surface area contributed by atoms with Gasteiger partial charge < -0.3 is 14.6 Å². The molecule has 2 aromatic rings. The number of hydrogen-bond donors (Lipinski definition) is 1. The number of rotatable bonds is 4. The van der Waals surface area contributed by atoms with Crippen LogP contribution in [0.5, 0.6) is 0 Å². The summed E-state index contributed by atoms with van der Waals surface area (Å²) in [6.45, 7) is 2.39. The Morgan fingerprint density at radius 3 is 2.90 bits per heavy atom. The average Bonchev–Trinajstić information content (AvgIpc) is 3.08. The SMILES string of the molecule is O=C(NCc1ccnc(N2CCCCC2)n1)c1ccoc1. The fourth-order valence-electron chi connectivity index (χ4n) is 2.40. The van der Waals surface area contributed by atoms with Crippen molar-refractivity contribution >= 4 is 11.9 Å². The van der Waals surface area contributed by atoms with Crippen molar-refractivity contribution in [2.75, 3.05) is 18.0 Å². The van der Waals surface area contributed by atoms with Crippen LogP contribution in [0.1, 0.15) is 35.3 Å². The van der Waals surface area contributed by atoms with Crippen molar-refractivity contribution in [1.82, 2.24) is 15.3 Å². The van der Waals surface area contributed by atoms with Crippen LogP contribution in [0, 0.1) is 0 Å². The van der Waals surface area contributed by atoms with E-state index in [0.717, 1.165) is 24.7 Å². The minimum Gasteiger partial charge on any atom is -0.472 e. The standard InChI is InChI=1S/C15H18N4O2/c20-14(12-5-9-21-11-12)17-10-13-4-6-16-15(18-13)19-7-2-1-3-8-19/h4-6,9,11H,1-3,7-8,10H2,(H,17,20). The quantitative estimate of drug-likeness (QED) is 0.930. The highest BCUT2D eigenvalue weighted by molar-refractivity contribution is 5.93. The molecule has 0 atom stereocenters. The lowest BCUT2D eigenvalue weighted by atomic mass is 10.1. The first-order valence-electron chi connectivity index (χ1n) is 7.20. The lowest BCUT2D eigenvalue weighted by molar-refractivity contribution is 0.0950. The van der Waals surface area contributed by atoms with E-state index < -0.39 is 0 Å². The number of aromatic nitrogens is 2. The lowest BCUT2D eigenvalue weighted by Crippen LogP contribution is -2.31. The summed E-state index contributed by atoms with van der Waals surface area (Å²) in [7, 11) is 0. The largest absolute Gasteiger partial charge is 0.472 e. The van der Waals surface area contributed by atoms with Crippen LogP contribution in [0.3, 0.4) is 0 Å². The highest BCUT2D eigenvalue weighted by Gasteiger charge is 2.14. The van der Waals surface area contributed by atoms with Gasteiger partial charge in [-0.1, -0.05) is 0 Å². The highest BCUT2D eigenvalue weighted by atomic mass is 16.3. The molecule has 21 heavy (non-hydrogen) atoms. The number of piperidine rings is 1. The van der Waals surface area contributed by atoms with E-state index in [1.807, 2.05) is 6.07 Å². The van der Waals surface area contributed by atoms with Crippen molar-refractivity contribution in [3.05, 3.63) is 42.1 Å². The van der Waals surface area contributed by atoms with Gasteiger partial charge in [0, 0.05) is 19.3 Å². The topological polar surface area (TPSA) is 71.3 Å². The Bertz CT molecular complexity index is 591. The van der Waals surface area contributed by atoms with Crippen LogP contribution in [0.25, 0.3) is 0 Å². The average molecular weight is 286 g/mol. The summed E-state index contributed by atoms with van der Waals surface area (Å²) in [5.41, 5.74) is 1.32. The molecule has 1 aliphatic heterocycles. The number of nitrogens with one attached hydrogen (secondary N) is 1. The second-order valence-corrected chi connectivity index (χ2v) is 5.09. The molecule has 2 aromatic heterocycles. The van der Waals surface area contributed by atoms with E-state index in [4.69, 9.17) is 4.42 Å². The fraction of sp³-hybridized carbons (Fsp3) is 0.400. The summed E-state index contributed by atoms with van der Waals surface area (Å²) in [5, 5.41) is 2.82. The predicted octanol–water partition coefficient (Wildman–Crippen LogP) is 1.99. The Labute approximate surface area is 123 Å². The molecule has 0 bridgehead atoms. The maximum absolute atomic E-state index is 11.8. The molecular weight excluding hydrogens is 268 g/mol. The normalized spacial score (nSPS) is 15.0. The summed E-state index contributed by atoms with van der Waals surface area (Å²) in [4.78, 5) is 22.9. The molecule has 0 aromatic carbocycles. The van der Waals surface area contributed by atoms with Gasteiger partial charge >= 0.3 is 0 Å². The van der Waals surface area contributed by atoms with Crippen LogP contribution >= 0.6 is 0 Å². The number of anilines is 1. The van der Waals surface area contributed by atoms with E-state index in [2.05, 4.69) is 20.2 Å². The summed E-state index contributed by atoms with van der Waals surface area (Å²) in [5.74, 6) is 0.589. The number of furan rings is 1.